The van der Waals surface area contributed by atoms with Crippen molar-refractivity contribution in [3.05, 3.63) is 35.6 Å². The summed E-state index contributed by atoms with van der Waals surface area (Å²) in [6, 6.07) is 5.33. The first-order chi connectivity index (χ1) is 9.60. The van der Waals surface area contributed by atoms with Crippen molar-refractivity contribution in [1.29, 1.82) is 0 Å². The molecule has 0 radical (unpaired) electrons. The Labute approximate surface area is 119 Å². The maximum absolute atomic E-state index is 12.9. The van der Waals surface area contributed by atoms with Crippen molar-refractivity contribution in [2.75, 3.05) is 40.5 Å². The highest BCUT2D eigenvalue weighted by molar-refractivity contribution is 5.99. The van der Waals surface area contributed by atoms with E-state index in [-0.39, 0.29) is 17.6 Å². The molecule has 5 heteroatoms. The molecule has 1 aromatic rings. The first-order valence-corrected chi connectivity index (χ1v) is 6.62. The Morgan fingerprint density at radius 2 is 1.65 bits per heavy atom. The van der Waals surface area contributed by atoms with E-state index in [2.05, 4.69) is 0 Å². The summed E-state index contributed by atoms with van der Waals surface area (Å²) in [4.78, 5) is 14.4. The van der Waals surface area contributed by atoms with E-state index in [0.29, 0.717) is 31.9 Å². The highest BCUT2D eigenvalue weighted by Crippen LogP contribution is 2.10. The molecule has 1 unspecified atom stereocenters. The average Bonchev–Trinajstić information content (AvgIpc) is 2.47. The SMILES string of the molecule is COCCN(CCOC)C(C)C(=O)c1ccc(F)cc1. The van der Waals surface area contributed by atoms with Crippen molar-refractivity contribution < 1.29 is 18.7 Å². The van der Waals surface area contributed by atoms with Gasteiger partial charge in [0.05, 0.1) is 19.3 Å². The molecule has 0 aliphatic heterocycles. The number of nitrogens with zero attached hydrogens (tertiary/aromatic N) is 1. The number of ketones is 1. The van der Waals surface area contributed by atoms with Gasteiger partial charge in [0.15, 0.2) is 5.78 Å². The summed E-state index contributed by atoms with van der Waals surface area (Å²) in [7, 11) is 3.25. The maximum Gasteiger partial charge on any atom is 0.179 e. The molecule has 0 amide bonds. The lowest BCUT2D eigenvalue weighted by molar-refractivity contribution is 0.0687. The molecule has 0 aliphatic carbocycles. The van der Waals surface area contributed by atoms with Gasteiger partial charge in [-0.25, -0.2) is 4.39 Å². The van der Waals surface area contributed by atoms with Gasteiger partial charge in [0.1, 0.15) is 5.82 Å². The Balaban J connectivity index is 2.73. The smallest absolute Gasteiger partial charge is 0.179 e. The van der Waals surface area contributed by atoms with Gasteiger partial charge >= 0.3 is 0 Å². The van der Waals surface area contributed by atoms with E-state index in [1.165, 1.54) is 24.3 Å². The van der Waals surface area contributed by atoms with Crippen molar-refractivity contribution in [3.8, 4) is 0 Å². The summed E-state index contributed by atoms with van der Waals surface area (Å²) in [5, 5.41) is 0. The molecule has 0 spiro atoms. The van der Waals surface area contributed by atoms with Crippen LogP contribution < -0.4 is 0 Å². The highest BCUT2D eigenvalue weighted by Gasteiger charge is 2.22. The number of hydrogen-bond donors (Lipinski definition) is 0. The maximum atomic E-state index is 12.9. The molecule has 0 aliphatic rings. The number of methoxy groups -OCH3 is 2. The van der Waals surface area contributed by atoms with Crippen LogP contribution in [0.3, 0.4) is 0 Å². The van der Waals surface area contributed by atoms with Crippen LogP contribution in [-0.4, -0.2) is 57.2 Å². The van der Waals surface area contributed by atoms with Gasteiger partial charge in [-0.05, 0) is 31.2 Å². The fourth-order valence-corrected chi connectivity index (χ4v) is 1.94. The number of Topliss-reactive ketones (excluding diaryl/α,β-unsaturated/α-hetero) is 1. The van der Waals surface area contributed by atoms with Crippen LogP contribution in [0.4, 0.5) is 4.39 Å². The first kappa shape index (κ1) is 16.8. The minimum absolute atomic E-state index is 0.0304. The molecule has 0 saturated carbocycles. The van der Waals surface area contributed by atoms with Crippen LogP contribution in [0.2, 0.25) is 0 Å². The molecule has 20 heavy (non-hydrogen) atoms. The topological polar surface area (TPSA) is 38.8 Å². The fourth-order valence-electron chi connectivity index (χ4n) is 1.94. The Kier molecular flexibility index (Phi) is 7.36. The lowest BCUT2D eigenvalue weighted by Gasteiger charge is -2.27. The largest absolute Gasteiger partial charge is 0.383 e. The van der Waals surface area contributed by atoms with Crippen LogP contribution >= 0.6 is 0 Å². The second kappa shape index (κ2) is 8.79. The first-order valence-electron chi connectivity index (χ1n) is 6.62. The number of rotatable bonds is 9. The molecular formula is C15H22FNO3. The van der Waals surface area contributed by atoms with Crippen molar-refractivity contribution in [2.24, 2.45) is 0 Å². The minimum atomic E-state index is -0.343. The quantitative estimate of drug-likeness (QED) is 0.650. The molecule has 112 valence electrons. The van der Waals surface area contributed by atoms with Gasteiger partial charge in [-0.3, -0.25) is 9.69 Å². The van der Waals surface area contributed by atoms with E-state index in [1.54, 1.807) is 14.2 Å². The van der Waals surface area contributed by atoms with Crippen molar-refractivity contribution in [2.45, 2.75) is 13.0 Å². The van der Waals surface area contributed by atoms with Gasteiger partial charge in [-0.2, -0.15) is 0 Å². The molecule has 4 nitrogen and oxygen atoms in total. The van der Waals surface area contributed by atoms with Crippen LogP contribution in [-0.2, 0) is 9.47 Å². The Morgan fingerprint density at radius 3 is 2.10 bits per heavy atom. The summed E-state index contributed by atoms with van der Waals surface area (Å²) in [6.07, 6.45) is 0. The summed E-state index contributed by atoms with van der Waals surface area (Å²) >= 11 is 0. The van der Waals surface area contributed by atoms with E-state index in [1.807, 2.05) is 11.8 Å². The average molecular weight is 283 g/mol. The molecule has 0 saturated heterocycles. The van der Waals surface area contributed by atoms with Gasteiger partial charge in [0.25, 0.3) is 0 Å². The van der Waals surface area contributed by atoms with Crippen LogP contribution in [0.15, 0.2) is 24.3 Å². The van der Waals surface area contributed by atoms with E-state index < -0.39 is 0 Å². The van der Waals surface area contributed by atoms with Gasteiger partial charge in [0.2, 0.25) is 0 Å². The summed E-state index contributed by atoms with van der Waals surface area (Å²) < 4.78 is 23.0. The Bertz CT molecular complexity index is 400. The van der Waals surface area contributed by atoms with Gasteiger partial charge < -0.3 is 9.47 Å². The van der Waals surface area contributed by atoms with E-state index in [9.17, 15) is 9.18 Å². The Morgan fingerprint density at radius 1 is 1.15 bits per heavy atom. The summed E-state index contributed by atoms with van der Waals surface area (Å²) in [5.41, 5.74) is 0.513. The molecule has 0 heterocycles. The van der Waals surface area contributed by atoms with Gasteiger partial charge in [-0.15, -0.1) is 0 Å². The summed E-state index contributed by atoms with van der Waals surface area (Å²) in [6.45, 7) is 4.23. The van der Waals surface area contributed by atoms with Crippen LogP contribution in [0.5, 0.6) is 0 Å². The number of carbonyl (C=O) groups is 1. The molecule has 1 rings (SSSR count). The number of benzene rings is 1. The molecule has 1 aromatic carbocycles. The standard InChI is InChI=1S/C15H22FNO3/c1-12(17(8-10-19-2)9-11-20-3)15(18)13-4-6-14(16)7-5-13/h4-7,12H,8-11H2,1-3H3. The molecule has 0 aromatic heterocycles. The monoisotopic (exact) mass is 283 g/mol. The highest BCUT2D eigenvalue weighted by atomic mass is 19.1. The molecular weight excluding hydrogens is 261 g/mol. The zero-order valence-electron chi connectivity index (χ0n) is 12.3. The molecule has 0 bridgehead atoms. The molecule has 1 atom stereocenters. The van der Waals surface area contributed by atoms with Gasteiger partial charge in [-0.1, -0.05) is 0 Å². The lowest BCUT2D eigenvalue weighted by atomic mass is 10.0. The fraction of sp³-hybridized carbons (Fsp3) is 0.533. The van der Waals surface area contributed by atoms with Crippen LogP contribution in [0.25, 0.3) is 0 Å². The normalized spacial score (nSPS) is 12.7. The number of hydrogen-bond acceptors (Lipinski definition) is 4. The third-order valence-electron chi connectivity index (χ3n) is 3.22. The predicted molar refractivity (Wildman–Crippen MR) is 75.5 cm³/mol. The zero-order valence-corrected chi connectivity index (χ0v) is 12.3. The second-order valence-electron chi connectivity index (χ2n) is 4.57. The summed E-state index contributed by atoms with van der Waals surface area (Å²) in [5.74, 6) is -0.373. The van der Waals surface area contributed by atoms with Crippen molar-refractivity contribution in [3.63, 3.8) is 0 Å². The van der Waals surface area contributed by atoms with Crippen LogP contribution in [0, 0.1) is 5.82 Å². The van der Waals surface area contributed by atoms with E-state index >= 15 is 0 Å². The number of ether oxygens (including phenoxy) is 2. The third kappa shape index (κ3) is 5.00. The lowest BCUT2D eigenvalue weighted by Crippen LogP contribution is -2.42. The predicted octanol–water partition coefficient (Wildman–Crippen LogP) is 1.99. The minimum Gasteiger partial charge on any atom is -0.383 e. The zero-order chi connectivity index (χ0) is 15.0. The molecule has 0 fully saturated rings. The van der Waals surface area contributed by atoms with Gasteiger partial charge in [0, 0.05) is 32.9 Å². The second-order valence-corrected chi connectivity index (χ2v) is 4.57. The third-order valence-corrected chi connectivity index (χ3v) is 3.22. The van der Waals surface area contributed by atoms with Crippen LogP contribution in [0.1, 0.15) is 17.3 Å². The number of halogens is 1. The molecule has 0 N–H and O–H groups in total. The Hall–Kier alpha value is -1.30. The van der Waals surface area contributed by atoms with E-state index in [0.717, 1.165) is 0 Å². The van der Waals surface area contributed by atoms with Crippen molar-refractivity contribution in [1.82, 2.24) is 4.90 Å². The van der Waals surface area contributed by atoms with Crippen molar-refractivity contribution >= 4 is 5.78 Å². The number of carbonyl (C=O) groups excluding carboxylic acids is 1. The van der Waals surface area contributed by atoms with E-state index in [4.69, 9.17) is 9.47 Å².